The first kappa shape index (κ1) is 14.2. The Labute approximate surface area is 76.4 Å². The molecule has 0 saturated carbocycles. The van der Waals surface area contributed by atoms with Crippen molar-refractivity contribution in [2.24, 2.45) is 16.5 Å². The van der Waals surface area contributed by atoms with Gasteiger partial charge in [-0.25, -0.2) is 4.99 Å². The first-order valence-corrected chi connectivity index (χ1v) is 4.32. The number of guanidine groups is 1. The Kier molecular flexibility index (Phi) is 8.05. The molecule has 0 amide bonds. The molecular weight excluding hydrogens is 198 g/mol. The molecule has 0 rings (SSSR count). The first-order valence-electron chi connectivity index (χ1n) is 2.92. The molecule has 76 valence electrons. The third-order valence-corrected chi connectivity index (χ3v) is 0.517. The first-order chi connectivity index (χ1) is 5.77. The zero-order chi connectivity index (χ0) is 10.9. The SMILES string of the molecule is CC#CCN=C(N)N.O=S(=O)(O)O. The fourth-order valence-corrected chi connectivity index (χ4v) is 0.210. The molecular formula is C5H11N3O4S. The van der Waals surface area contributed by atoms with E-state index in [1.54, 1.807) is 6.92 Å². The maximum Gasteiger partial charge on any atom is 0.394 e. The van der Waals surface area contributed by atoms with Crippen LogP contribution in [0.2, 0.25) is 0 Å². The van der Waals surface area contributed by atoms with Crippen molar-refractivity contribution in [2.45, 2.75) is 6.92 Å². The summed E-state index contributed by atoms with van der Waals surface area (Å²) in [7, 11) is -4.67. The van der Waals surface area contributed by atoms with Crippen LogP contribution < -0.4 is 11.5 Å². The van der Waals surface area contributed by atoms with Crippen molar-refractivity contribution in [3.05, 3.63) is 0 Å². The quantitative estimate of drug-likeness (QED) is 0.182. The molecule has 0 atom stereocenters. The van der Waals surface area contributed by atoms with Crippen LogP contribution in [0.15, 0.2) is 4.99 Å². The molecule has 8 heteroatoms. The molecule has 0 aromatic heterocycles. The number of hydrogen-bond donors (Lipinski definition) is 4. The molecule has 0 aromatic carbocycles. The summed E-state index contributed by atoms with van der Waals surface area (Å²) in [4.78, 5) is 3.61. The fraction of sp³-hybridized carbons (Fsp3) is 0.400. The van der Waals surface area contributed by atoms with Crippen LogP contribution >= 0.6 is 0 Å². The maximum absolute atomic E-state index is 8.74. The molecule has 0 aromatic rings. The predicted molar refractivity (Wildman–Crippen MR) is 48.3 cm³/mol. The summed E-state index contributed by atoms with van der Waals surface area (Å²) in [5, 5.41) is 0. The van der Waals surface area contributed by atoms with Gasteiger partial charge in [-0.1, -0.05) is 5.92 Å². The second-order valence-corrected chi connectivity index (χ2v) is 2.51. The highest BCUT2D eigenvalue weighted by molar-refractivity contribution is 7.79. The van der Waals surface area contributed by atoms with Gasteiger partial charge in [-0.3, -0.25) is 9.11 Å². The summed E-state index contributed by atoms with van der Waals surface area (Å²) in [5.74, 6) is 5.43. The van der Waals surface area contributed by atoms with Gasteiger partial charge in [0.05, 0.1) is 0 Å². The van der Waals surface area contributed by atoms with Crippen molar-refractivity contribution >= 4 is 16.4 Å². The Balaban J connectivity index is 0. The third kappa shape index (κ3) is 59.2. The zero-order valence-corrected chi connectivity index (χ0v) is 7.74. The van der Waals surface area contributed by atoms with Gasteiger partial charge in [-0.2, -0.15) is 8.42 Å². The molecule has 7 nitrogen and oxygen atoms in total. The minimum absolute atomic E-state index is 0.0905. The lowest BCUT2D eigenvalue weighted by Gasteiger charge is -1.82. The Morgan fingerprint density at radius 3 is 2.08 bits per heavy atom. The van der Waals surface area contributed by atoms with Gasteiger partial charge in [0.25, 0.3) is 0 Å². The minimum atomic E-state index is -4.67. The molecule has 0 aliphatic heterocycles. The Hall–Kier alpha value is -1.30. The molecule has 0 fully saturated rings. The van der Waals surface area contributed by atoms with Crippen LogP contribution in [0.3, 0.4) is 0 Å². The molecule has 0 aliphatic carbocycles. The van der Waals surface area contributed by atoms with Crippen molar-refractivity contribution in [1.82, 2.24) is 0 Å². The van der Waals surface area contributed by atoms with Gasteiger partial charge in [-0.05, 0) is 6.92 Å². The van der Waals surface area contributed by atoms with E-state index >= 15 is 0 Å². The molecule has 0 bridgehead atoms. The fourth-order valence-electron chi connectivity index (χ4n) is 0.210. The highest BCUT2D eigenvalue weighted by Gasteiger charge is 1.84. The van der Waals surface area contributed by atoms with Crippen LogP contribution in [0, 0.1) is 11.8 Å². The highest BCUT2D eigenvalue weighted by atomic mass is 32.3. The summed E-state index contributed by atoms with van der Waals surface area (Å²) in [6.07, 6.45) is 0. The minimum Gasteiger partial charge on any atom is -0.370 e. The van der Waals surface area contributed by atoms with Crippen LogP contribution in [0.5, 0.6) is 0 Å². The third-order valence-electron chi connectivity index (χ3n) is 0.517. The Bertz CT molecular complexity index is 298. The second kappa shape index (κ2) is 7.35. The monoisotopic (exact) mass is 209 g/mol. The Morgan fingerprint density at radius 2 is 1.85 bits per heavy atom. The van der Waals surface area contributed by atoms with Crippen molar-refractivity contribution in [1.29, 1.82) is 0 Å². The number of rotatable bonds is 1. The molecule has 0 heterocycles. The van der Waals surface area contributed by atoms with E-state index in [2.05, 4.69) is 16.8 Å². The standard InChI is InChI=1S/C5H9N3.H2O4S/c1-2-3-4-8-5(6)7;1-5(2,3)4/h4H2,1H3,(H4,6,7,8);(H2,1,2,3,4). The van der Waals surface area contributed by atoms with E-state index in [0.29, 0.717) is 6.54 Å². The van der Waals surface area contributed by atoms with Crippen LogP contribution in [0.4, 0.5) is 0 Å². The molecule has 13 heavy (non-hydrogen) atoms. The van der Waals surface area contributed by atoms with Gasteiger partial charge in [-0.15, -0.1) is 5.92 Å². The summed E-state index contributed by atoms with van der Waals surface area (Å²) < 4.78 is 31.6. The number of nitrogens with zero attached hydrogens (tertiary/aromatic N) is 1. The lowest BCUT2D eigenvalue weighted by molar-refractivity contribution is 0.381. The highest BCUT2D eigenvalue weighted by Crippen LogP contribution is 1.62. The van der Waals surface area contributed by atoms with Crippen molar-refractivity contribution in [3.63, 3.8) is 0 Å². The summed E-state index contributed by atoms with van der Waals surface area (Å²) in [5.41, 5.74) is 9.99. The molecule has 0 radical (unpaired) electrons. The average molecular weight is 209 g/mol. The largest absolute Gasteiger partial charge is 0.394 e. The maximum atomic E-state index is 8.74. The summed E-state index contributed by atoms with van der Waals surface area (Å²) in [6.45, 7) is 2.14. The van der Waals surface area contributed by atoms with Gasteiger partial charge in [0.15, 0.2) is 5.96 Å². The smallest absolute Gasteiger partial charge is 0.370 e. The van der Waals surface area contributed by atoms with Crippen LogP contribution in [-0.2, 0) is 10.4 Å². The van der Waals surface area contributed by atoms with Crippen LogP contribution in [0.1, 0.15) is 6.92 Å². The van der Waals surface area contributed by atoms with E-state index in [1.807, 2.05) is 0 Å². The molecule has 0 spiro atoms. The lowest BCUT2D eigenvalue weighted by atomic mass is 10.6. The Morgan fingerprint density at radius 1 is 1.46 bits per heavy atom. The van der Waals surface area contributed by atoms with Crippen LogP contribution in [-0.4, -0.2) is 30.0 Å². The summed E-state index contributed by atoms with van der Waals surface area (Å²) >= 11 is 0. The van der Waals surface area contributed by atoms with E-state index in [1.165, 1.54) is 0 Å². The van der Waals surface area contributed by atoms with E-state index in [0.717, 1.165) is 0 Å². The molecule has 0 aliphatic rings. The lowest BCUT2D eigenvalue weighted by Crippen LogP contribution is -2.22. The van der Waals surface area contributed by atoms with Gasteiger partial charge < -0.3 is 11.5 Å². The van der Waals surface area contributed by atoms with Crippen LogP contribution in [0.25, 0.3) is 0 Å². The second-order valence-electron chi connectivity index (χ2n) is 1.62. The van der Waals surface area contributed by atoms with E-state index < -0.39 is 10.4 Å². The van der Waals surface area contributed by atoms with E-state index in [4.69, 9.17) is 29.0 Å². The van der Waals surface area contributed by atoms with Gasteiger partial charge >= 0.3 is 10.4 Å². The van der Waals surface area contributed by atoms with E-state index in [-0.39, 0.29) is 5.96 Å². The molecule has 0 unspecified atom stereocenters. The van der Waals surface area contributed by atoms with Gasteiger partial charge in [0.2, 0.25) is 0 Å². The normalized spacial score (nSPS) is 8.54. The zero-order valence-electron chi connectivity index (χ0n) is 6.93. The number of aliphatic imine (C=N–C) groups is 1. The van der Waals surface area contributed by atoms with Crippen molar-refractivity contribution in [3.8, 4) is 11.8 Å². The van der Waals surface area contributed by atoms with Crippen molar-refractivity contribution in [2.75, 3.05) is 6.54 Å². The number of nitrogens with two attached hydrogens (primary N) is 2. The number of hydrogen-bond acceptors (Lipinski definition) is 3. The van der Waals surface area contributed by atoms with E-state index in [9.17, 15) is 0 Å². The molecule has 6 N–H and O–H groups in total. The van der Waals surface area contributed by atoms with Gasteiger partial charge in [0, 0.05) is 0 Å². The summed E-state index contributed by atoms with van der Waals surface area (Å²) in [6, 6.07) is 0. The van der Waals surface area contributed by atoms with Crippen molar-refractivity contribution < 1.29 is 17.5 Å². The predicted octanol–water partition coefficient (Wildman–Crippen LogP) is -1.37. The van der Waals surface area contributed by atoms with Gasteiger partial charge in [0.1, 0.15) is 6.54 Å². The topological polar surface area (TPSA) is 139 Å². The average Bonchev–Trinajstić information content (AvgIpc) is 1.83. The molecule has 0 saturated heterocycles.